The Hall–Kier alpha value is -1.60. The Morgan fingerprint density at radius 1 is 1.29 bits per heavy atom. The lowest BCUT2D eigenvalue weighted by Crippen LogP contribution is -2.08. The molecule has 2 aromatic rings. The van der Waals surface area contributed by atoms with Crippen LogP contribution >= 0.6 is 15.9 Å². The monoisotopic (exact) mass is 372 g/mol. The van der Waals surface area contributed by atoms with Crippen LogP contribution in [0.2, 0.25) is 0 Å². The first-order valence-electron chi connectivity index (χ1n) is 6.05. The number of sulfone groups is 1. The molecule has 0 radical (unpaired) electrons. The predicted octanol–water partition coefficient (Wildman–Crippen LogP) is 3.19. The molecular weight excluding hydrogens is 359 g/mol. The molecule has 0 fully saturated rings. The van der Waals surface area contributed by atoms with Crippen LogP contribution in [0, 0.1) is 5.82 Å². The van der Waals surface area contributed by atoms with E-state index in [1.54, 1.807) is 24.3 Å². The van der Waals surface area contributed by atoms with Crippen molar-refractivity contribution in [3.8, 4) is 0 Å². The first kappa shape index (κ1) is 15.8. The lowest BCUT2D eigenvalue weighted by Gasteiger charge is -2.12. The van der Waals surface area contributed by atoms with E-state index < -0.39 is 9.84 Å². The fourth-order valence-corrected chi connectivity index (χ4v) is 3.13. The van der Waals surface area contributed by atoms with Crippen LogP contribution in [-0.4, -0.2) is 14.7 Å². The molecule has 0 atom stereocenters. The smallest absolute Gasteiger partial charge is 0.177 e. The topological polar surface area (TPSA) is 72.2 Å². The van der Waals surface area contributed by atoms with Crippen molar-refractivity contribution in [3.05, 3.63) is 52.3 Å². The minimum atomic E-state index is -3.40. The molecule has 0 aliphatic carbocycles. The van der Waals surface area contributed by atoms with E-state index in [9.17, 15) is 12.8 Å². The van der Waals surface area contributed by atoms with E-state index in [1.165, 1.54) is 12.1 Å². The zero-order chi connectivity index (χ0) is 15.6. The van der Waals surface area contributed by atoms with Gasteiger partial charge >= 0.3 is 0 Å². The Labute approximate surface area is 131 Å². The van der Waals surface area contributed by atoms with Gasteiger partial charge in [0.15, 0.2) is 9.84 Å². The molecule has 0 aliphatic heterocycles. The average Bonchev–Trinajstić information content (AvgIpc) is 2.40. The van der Waals surface area contributed by atoms with Gasteiger partial charge in [-0.25, -0.2) is 12.8 Å². The summed E-state index contributed by atoms with van der Waals surface area (Å²) in [5, 5.41) is 2.96. The summed E-state index contributed by atoms with van der Waals surface area (Å²) in [4.78, 5) is 0.0576. The van der Waals surface area contributed by atoms with Crippen LogP contribution in [-0.2, 0) is 16.4 Å². The second-order valence-corrected chi connectivity index (χ2v) is 7.48. The Morgan fingerprint density at radius 2 is 2.00 bits per heavy atom. The van der Waals surface area contributed by atoms with Crippen molar-refractivity contribution in [1.29, 1.82) is 0 Å². The van der Waals surface area contributed by atoms with Crippen molar-refractivity contribution >= 4 is 37.1 Å². The van der Waals surface area contributed by atoms with Gasteiger partial charge in [-0.2, -0.15) is 0 Å². The normalized spacial score (nSPS) is 11.4. The number of halogens is 2. The van der Waals surface area contributed by atoms with Crippen LogP contribution in [0.1, 0.15) is 5.56 Å². The number of para-hydroxylation sites is 1. The number of nitrogens with one attached hydrogen (secondary N) is 1. The fraction of sp³-hybridized carbons (Fsp3) is 0.143. The minimum Gasteiger partial charge on any atom is -0.396 e. The van der Waals surface area contributed by atoms with Crippen molar-refractivity contribution in [3.63, 3.8) is 0 Å². The van der Waals surface area contributed by atoms with Gasteiger partial charge in [-0.1, -0.05) is 22.0 Å². The molecule has 0 amide bonds. The highest BCUT2D eigenvalue weighted by molar-refractivity contribution is 9.10. The first-order chi connectivity index (χ1) is 9.79. The maximum Gasteiger partial charge on any atom is 0.177 e. The number of nitrogen functional groups attached to an aromatic ring is 1. The summed E-state index contributed by atoms with van der Waals surface area (Å²) >= 11 is 3.28. The van der Waals surface area contributed by atoms with Gasteiger partial charge < -0.3 is 11.1 Å². The van der Waals surface area contributed by atoms with Gasteiger partial charge in [-0.05, 0) is 30.3 Å². The summed E-state index contributed by atoms with van der Waals surface area (Å²) in [5.74, 6) is -0.344. The van der Waals surface area contributed by atoms with Crippen molar-refractivity contribution in [2.24, 2.45) is 0 Å². The molecule has 21 heavy (non-hydrogen) atoms. The molecule has 0 bridgehead atoms. The maximum absolute atomic E-state index is 13.7. The van der Waals surface area contributed by atoms with Crippen molar-refractivity contribution in [1.82, 2.24) is 0 Å². The van der Waals surface area contributed by atoms with Crippen LogP contribution in [0.5, 0.6) is 0 Å². The van der Waals surface area contributed by atoms with Crippen LogP contribution < -0.4 is 11.1 Å². The molecule has 0 saturated carbocycles. The number of benzene rings is 2. The number of rotatable bonds is 4. The third kappa shape index (κ3) is 3.74. The van der Waals surface area contributed by atoms with Gasteiger partial charge in [0, 0.05) is 22.8 Å². The second kappa shape index (κ2) is 6.03. The summed E-state index contributed by atoms with van der Waals surface area (Å²) in [6.45, 7) is 0.197. The number of hydrogen-bond donors (Lipinski definition) is 2. The second-order valence-electron chi connectivity index (χ2n) is 4.58. The molecule has 0 saturated heterocycles. The van der Waals surface area contributed by atoms with E-state index in [0.717, 1.165) is 10.7 Å². The highest BCUT2D eigenvalue weighted by Crippen LogP contribution is 2.27. The summed E-state index contributed by atoms with van der Waals surface area (Å²) < 4.78 is 37.6. The predicted molar refractivity (Wildman–Crippen MR) is 85.4 cm³/mol. The fourth-order valence-electron chi connectivity index (χ4n) is 1.89. The van der Waals surface area contributed by atoms with Crippen LogP contribution in [0.3, 0.4) is 0 Å². The van der Waals surface area contributed by atoms with Gasteiger partial charge in [0.1, 0.15) is 5.82 Å². The molecule has 7 heteroatoms. The SMILES string of the molecule is CS(=O)(=O)c1cccc(NCc2cc(Br)ccc2F)c1N. The highest BCUT2D eigenvalue weighted by atomic mass is 79.9. The molecule has 0 spiro atoms. The van der Waals surface area contributed by atoms with E-state index >= 15 is 0 Å². The molecular formula is C14H14BrFN2O2S. The van der Waals surface area contributed by atoms with Crippen LogP contribution in [0.15, 0.2) is 45.8 Å². The third-order valence-electron chi connectivity index (χ3n) is 2.94. The average molecular weight is 373 g/mol. The zero-order valence-corrected chi connectivity index (χ0v) is 13.6. The van der Waals surface area contributed by atoms with E-state index in [4.69, 9.17) is 5.73 Å². The van der Waals surface area contributed by atoms with Crippen molar-refractivity contribution in [2.45, 2.75) is 11.4 Å². The Morgan fingerprint density at radius 3 is 2.67 bits per heavy atom. The number of hydrogen-bond acceptors (Lipinski definition) is 4. The van der Waals surface area contributed by atoms with Gasteiger partial charge in [-0.3, -0.25) is 0 Å². The van der Waals surface area contributed by atoms with Crippen molar-refractivity contribution in [2.75, 3.05) is 17.3 Å². The Kier molecular flexibility index (Phi) is 4.53. The molecule has 2 rings (SSSR count). The van der Waals surface area contributed by atoms with Gasteiger partial charge in [-0.15, -0.1) is 0 Å². The summed E-state index contributed by atoms with van der Waals surface area (Å²) in [5.41, 5.74) is 6.90. The molecule has 0 heterocycles. The highest BCUT2D eigenvalue weighted by Gasteiger charge is 2.14. The van der Waals surface area contributed by atoms with E-state index in [2.05, 4.69) is 21.2 Å². The van der Waals surface area contributed by atoms with E-state index in [0.29, 0.717) is 11.3 Å². The summed E-state index contributed by atoms with van der Waals surface area (Å²) in [6, 6.07) is 9.30. The molecule has 4 nitrogen and oxygen atoms in total. The summed E-state index contributed by atoms with van der Waals surface area (Å²) in [6.07, 6.45) is 1.09. The molecule has 0 aliphatic rings. The van der Waals surface area contributed by atoms with E-state index in [-0.39, 0.29) is 22.9 Å². The molecule has 112 valence electrons. The molecule has 0 unspecified atom stereocenters. The lowest BCUT2D eigenvalue weighted by molar-refractivity contribution is 0.602. The van der Waals surface area contributed by atoms with Crippen LogP contribution in [0.4, 0.5) is 15.8 Å². The van der Waals surface area contributed by atoms with Crippen LogP contribution in [0.25, 0.3) is 0 Å². The van der Waals surface area contributed by atoms with Gasteiger partial charge in [0.05, 0.1) is 16.3 Å². The lowest BCUT2D eigenvalue weighted by atomic mass is 10.2. The zero-order valence-electron chi connectivity index (χ0n) is 11.2. The molecule has 3 N–H and O–H groups in total. The minimum absolute atomic E-state index is 0.0576. The molecule has 0 aromatic heterocycles. The quantitative estimate of drug-likeness (QED) is 0.808. The number of anilines is 2. The van der Waals surface area contributed by atoms with Gasteiger partial charge in [0.2, 0.25) is 0 Å². The first-order valence-corrected chi connectivity index (χ1v) is 8.74. The standard InChI is InChI=1S/C14H14BrFN2O2S/c1-21(19,20)13-4-2-3-12(14(13)17)18-8-9-7-10(15)5-6-11(9)16/h2-7,18H,8,17H2,1H3. The molecule has 2 aromatic carbocycles. The summed E-state index contributed by atoms with van der Waals surface area (Å²) in [7, 11) is -3.40. The Balaban J connectivity index is 2.27. The maximum atomic E-state index is 13.7. The van der Waals surface area contributed by atoms with E-state index in [1.807, 2.05) is 0 Å². The third-order valence-corrected chi connectivity index (χ3v) is 4.59. The largest absolute Gasteiger partial charge is 0.396 e. The Bertz CT molecular complexity index is 779. The van der Waals surface area contributed by atoms with Crippen molar-refractivity contribution < 1.29 is 12.8 Å². The number of nitrogens with two attached hydrogens (primary N) is 1. The van der Waals surface area contributed by atoms with Gasteiger partial charge in [0.25, 0.3) is 0 Å².